The van der Waals surface area contributed by atoms with Crippen LogP contribution in [0, 0.1) is 0 Å². The van der Waals surface area contributed by atoms with Crippen molar-refractivity contribution >= 4 is 23.4 Å². The zero-order valence-electron chi connectivity index (χ0n) is 11.4. The number of hydrogen-bond acceptors (Lipinski definition) is 6. The van der Waals surface area contributed by atoms with Gasteiger partial charge in [0.05, 0.1) is 5.75 Å². The first kappa shape index (κ1) is 13.7. The lowest BCUT2D eigenvalue weighted by molar-refractivity contribution is -0.113. The van der Waals surface area contributed by atoms with E-state index in [1.165, 1.54) is 11.8 Å². The summed E-state index contributed by atoms with van der Waals surface area (Å²) >= 11 is 1.35. The summed E-state index contributed by atoms with van der Waals surface area (Å²) in [6.07, 6.45) is 1.65. The van der Waals surface area contributed by atoms with E-state index in [9.17, 15) is 4.79 Å². The Balaban J connectivity index is 1.57. The van der Waals surface area contributed by atoms with Gasteiger partial charge in [0.1, 0.15) is 6.33 Å². The smallest absolute Gasteiger partial charge is 0.234 e. The number of fused-ring (bicyclic) bond motifs is 1. The van der Waals surface area contributed by atoms with Gasteiger partial charge in [-0.15, -0.1) is 10.2 Å². The van der Waals surface area contributed by atoms with Crippen molar-refractivity contribution < 1.29 is 14.3 Å². The van der Waals surface area contributed by atoms with Crippen LogP contribution in [0.2, 0.25) is 0 Å². The first-order chi connectivity index (χ1) is 10.3. The van der Waals surface area contributed by atoms with Crippen molar-refractivity contribution in [2.45, 2.75) is 18.6 Å². The average molecular weight is 306 g/mol. The Hall–Kier alpha value is -2.22. The highest BCUT2D eigenvalue weighted by Gasteiger charge is 2.14. The molecule has 0 radical (unpaired) electrons. The Bertz CT molecular complexity index is 659. The predicted octanol–water partition coefficient (Wildman–Crippen LogP) is 1.76. The zero-order valence-corrected chi connectivity index (χ0v) is 12.2. The van der Waals surface area contributed by atoms with Crippen molar-refractivity contribution in [3.05, 3.63) is 24.5 Å². The summed E-state index contributed by atoms with van der Waals surface area (Å²) < 4.78 is 12.4. The van der Waals surface area contributed by atoms with Gasteiger partial charge in [0.2, 0.25) is 12.7 Å². The maximum absolute atomic E-state index is 11.9. The molecule has 7 nitrogen and oxygen atoms in total. The summed E-state index contributed by atoms with van der Waals surface area (Å²) in [7, 11) is 0. The van der Waals surface area contributed by atoms with Crippen LogP contribution in [-0.4, -0.2) is 33.2 Å². The number of carbonyl (C=O) groups is 1. The van der Waals surface area contributed by atoms with E-state index in [2.05, 4.69) is 15.5 Å². The summed E-state index contributed by atoms with van der Waals surface area (Å²) in [5, 5.41) is 11.4. The van der Waals surface area contributed by atoms with Gasteiger partial charge in [-0.25, -0.2) is 0 Å². The fourth-order valence-corrected chi connectivity index (χ4v) is 2.65. The van der Waals surface area contributed by atoms with Crippen LogP contribution in [0.4, 0.5) is 5.69 Å². The molecule has 0 fully saturated rings. The molecule has 0 spiro atoms. The van der Waals surface area contributed by atoms with Gasteiger partial charge in [0.15, 0.2) is 16.7 Å². The fraction of sp³-hybridized carbons (Fsp3) is 0.308. The van der Waals surface area contributed by atoms with Crippen molar-refractivity contribution in [3.63, 3.8) is 0 Å². The fourth-order valence-electron chi connectivity index (χ4n) is 1.87. The third-order valence-electron chi connectivity index (χ3n) is 2.91. The van der Waals surface area contributed by atoms with E-state index < -0.39 is 0 Å². The summed E-state index contributed by atoms with van der Waals surface area (Å²) in [5.74, 6) is 1.50. The molecule has 1 aromatic carbocycles. The number of nitrogens with zero attached hydrogens (tertiary/aromatic N) is 3. The second-order valence-electron chi connectivity index (χ2n) is 4.30. The molecule has 1 aliphatic heterocycles. The van der Waals surface area contributed by atoms with Crippen molar-refractivity contribution in [2.24, 2.45) is 0 Å². The number of hydrogen-bond donors (Lipinski definition) is 1. The van der Waals surface area contributed by atoms with Gasteiger partial charge < -0.3 is 19.4 Å². The normalized spacial score (nSPS) is 12.4. The molecule has 1 aliphatic rings. The molecule has 1 amide bonds. The largest absolute Gasteiger partial charge is 0.454 e. The van der Waals surface area contributed by atoms with E-state index in [0.717, 1.165) is 11.7 Å². The molecule has 0 bridgehead atoms. The van der Waals surface area contributed by atoms with Crippen LogP contribution < -0.4 is 14.8 Å². The highest BCUT2D eigenvalue weighted by molar-refractivity contribution is 7.99. The SMILES string of the molecule is CCn1cnnc1SCC(=O)Nc1ccc2c(c1)OCO2. The third kappa shape index (κ3) is 3.10. The predicted molar refractivity (Wildman–Crippen MR) is 77.6 cm³/mol. The van der Waals surface area contributed by atoms with Crippen LogP contribution in [0.3, 0.4) is 0 Å². The second-order valence-corrected chi connectivity index (χ2v) is 5.25. The Kier molecular flexibility index (Phi) is 3.96. The Labute approximate surface area is 125 Å². The van der Waals surface area contributed by atoms with Crippen LogP contribution in [0.25, 0.3) is 0 Å². The molecule has 8 heteroatoms. The number of amides is 1. The molecule has 2 heterocycles. The number of benzene rings is 1. The highest BCUT2D eigenvalue weighted by atomic mass is 32.2. The lowest BCUT2D eigenvalue weighted by Gasteiger charge is -2.06. The van der Waals surface area contributed by atoms with Crippen LogP contribution in [0.15, 0.2) is 29.7 Å². The molecule has 0 atom stereocenters. The number of aromatic nitrogens is 3. The van der Waals surface area contributed by atoms with E-state index >= 15 is 0 Å². The number of ether oxygens (including phenoxy) is 2. The van der Waals surface area contributed by atoms with Crippen molar-refractivity contribution in [1.82, 2.24) is 14.8 Å². The number of anilines is 1. The van der Waals surface area contributed by atoms with E-state index in [0.29, 0.717) is 17.2 Å². The first-order valence-electron chi connectivity index (χ1n) is 6.46. The lowest BCUT2D eigenvalue weighted by Crippen LogP contribution is -2.14. The quantitative estimate of drug-likeness (QED) is 0.848. The maximum atomic E-state index is 11.9. The molecular weight excluding hydrogens is 292 g/mol. The van der Waals surface area contributed by atoms with E-state index in [4.69, 9.17) is 9.47 Å². The van der Waals surface area contributed by atoms with E-state index in [1.54, 1.807) is 24.5 Å². The minimum atomic E-state index is -0.107. The van der Waals surface area contributed by atoms with Gasteiger partial charge in [0.25, 0.3) is 0 Å². The van der Waals surface area contributed by atoms with Gasteiger partial charge in [-0.1, -0.05) is 11.8 Å². The molecule has 0 unspecified atom stereocenters. The van der Waals surface area contributed by atoms with Gasteiger partial charge in [-0.2, -0.15) is 0 Å². The summed E-state index contributed by atoms with van der Waals surface area (Å²) in [6.45, 7) is 2.99. The maximum Gasteiger partial charge on any atom is 0.234 e. The second kappa shape index (κ2) is 6.04. The molecule has 1 aromatic heterocycles. The monoisotopic (exact) mass is 306 g/mol. The van der Waals surface area contributed by atoms with Crippen LogP contribution >= 0.6 is 11.8 Å². The van der Waals surface area contributed by atoms with Gasteiger partial charge >= 0.3 is 0 Å². The van der Waals surface area contributed by atoms with Crippen molar-refractivity contribution in [3.8, 4) is 11.5 Å². The Morgan fingerprint density at radius 1 is 1.43 bits per heavy atom. The molecular formula is C13H14N4O3S. The molecule has 21 heavy (non-hydrogen) atoms. The summed E-state index contributed by atoms with van der Waals surface area (Å²) in [5.41, 5.74) is 0.682. The van der Waals surface area contributed by atoms with E-state index in [-0.39, 0.29) is 18.5 Å². The number of rotatable bonds is 5. The lowest BCUT2D eigenvalue weighted by atomic mass is 10.3. The topological polar surface area (TPSA) is 78.3 Å². The third-order valence-corrected chi connectivity index (χ3v) is 3.89. The zero-order chi connectivity index (χ0) is 14.7. The highest BCUT2D eigenvalue weighted by Crippen LogP contribution is 2.34. The van der Waals surface area contributed by atoms with Gasteiger partial charge in [-0.3, -0.25) is 4.79 Å². The van der Waals surface area contributed by atoms with Crippen molar-refractivity contribution in [2.75, 3.05) is 17.9 Å². The molecule has 2 aromatic rings. The van der Waals surface area contributed by atoms with E-state index in [1.807, 2.05) is 11.5 Å². The number of nitrogens with one attached hydrogen (secondary N) is 1. The van der Waals surface area contributed by atoms with Crippen LogP contribution in [0.1, 0.15) is 6.92 Å². The average Bonchev–Trinajstić information content (AvgIpc) is 3.13. The standard InChI is InChI=1S/C13H14N4O3S/c1-2-17-7-14-16-13(17)21-6-12(18)15-9-3-4-10-11(5-9)20-8-19-10/h3-5,7H,2,6,8H2,1H3,(H,15,18). The molecule has 1 N–H and O–H groups in total. The number of aryl methyl sites for hydroxylation is 1. The molecule has 110 valence electrons. The van der Waals surface area contributed by atoms with Gasteiger partial charge in [0, 0.05) is 18.3 Å². The Morgan fingerprint density at radius 2 is 2.29 bits per heavy atom. The summed E-state index contributed by atoms with van der Waals surface area (Å²) in [6, 6.07) is 5.31. The van der Waals surface area contributed by atoms with Crippen LogP contribution in [-0.2, 0) is 11.3 Å². The number of carbonyl (C=O) groups excluding carboxylic acids is 1. The minimum absolute atomic E-state index is 0.107. The molecule has 3 rings (SSSR count). The molecule has 0 saturated heterocycles. The first-order valence-corrected chi connectivity index (χ1v) is 7.45. The molecule has 0 aliphatic carbocycles. The number of thioether (sulfide) groups is 1. The van der Waals surface area contributed by atoms with Crippen molar-refractivity contribution in [1.29, 1.82) is 0 Å². The minimum Gasteiger partial charge on any atom is -0.454 e. The summed E-state index contributed by atoms with van der Waals surface area (Å²) in [4.78, 5) is 11.9. The molecule has 0 saturated carbocycles. The van der Waals surface area contributed by atoms with Crippen LogP contribution in [0.5, 0.6) is 11.5 Å². The Morgan fingerprint density at radius 3 is 3.14 bits per heavy atom. The van der Waals surface area contributed by atoms with Gasteiger partial charge in [-0.05, 0) is 19.1 Å².